The molecule has 7 nitrogen and oxygen atoms in total. The molecule has 0 radical (unpaired) electrons. The van der Waals surface area contributed by atoms with Crippen molar-refractivity contribution in [3.8, 4) is 11.5 Å². The number of anilines is 2. The number of methoxy groups -OCH3 is 1. The summed E-state index contributed by atoms with van der Waals surface area (Å²) in [6, 6.07) is 16.2. The monoisotopic (exact) mass is 507 g/mol. The topological polar surface area (TPSA) is 54.5 Å². The summed E-state index contributed by atoms with van der Waals surface area (Å²) < 4.78 is 17.7. The van der Waals surface area contributed by atoms with Crippen molar-refractivity contribution < 1.29 is 19.0 Å². The van der Waals surface area contributed by atoms with Crippen LogP contribution in [0.4, 0.5) is 11.4 Å². The van der Waals surface area contributed by atoms with Gasteiger partial charge in [-0.1, -0.05) is 19.1 Å². The number of amides is 1. The normalized spacial score (nSPS) is 22.3. The molecule has 2 aromatic rings. The first-order valence-electron chi connectivity index (χ1n) is 13.8. The Bertz CT molecular complexity index is 1040. The smallest absolute Gasteiger partial charge is 0.253 e. The number of ether oxygens (including phenoxy) is 3. The van der Waals surface area contributed by atoms with Crippen molar-refractivity contribution in [2.75, 3.05) is 69.4 Å². The summed E-state index contributed by atoms with van der Waals surface area (Å²) in [6.07, 6.45) is 5.51. The summed E-state index contributed by atoms with van der Waals surface area (Å²) in [5, 5.41) is 0. The van der Waals surface area contributed by atoms with E-state index in [0.717, 1.165) is 62.9 Å². The highest BCUT2D eigenvalue weighted by Gasteiger charge is 2.43. The molecule has 2 aromatic carbocycles. The molecule has 3 fully saturated rings. The SMILES string of the molecule is COc1ccccc1N1CC2(CCN(c3ccc(OCCCN4CCC[C@H](C)C4)cc3)CC2)OCC1=O. The largest absolute Gasteiger partial charge is 0.495 e. The minimum atomic E-state index is -0.319. The molecule has 3 aliphatic heterocycles. The van der Waals surface area contributed by atoms with Gasteiger partial charge in [0.05, 0.1) is 31.5 Å². The molecule has 0 N–H and O–H groups in total. The number of morpholine rings is 1. The number of piperidine rings is 2. The van der Waals surface area contributed by atoms with Gasteiger partial charge in [-0.3, -0.25) is 4.79 Å². The van der Waals surface area contributed by atoms with E-state index < -0.39 is 0 Å². The number of rotatable bonds is 8. The predicted octanol–water partition coefficient (Wildman–Crippen LogP) is 4.60. The van der Waals surface area contributed by atoms with Gasteiger partial charge >= 0.3 is 0 Å². The molecule has 3 saturated heterocycles. The third kappa shape index (κ3) is 6.21. The van der Waals surface area contributed by atoms with Gasteiger partial charge in [0, 0.05) is 31.9 Å². The highest BCUT2D eigenvalue weighted by Crippen LogP contribution is 2.37. The van der Waals surface area contributed by atoms with Gasteiger partial charge in [0.15, 0.2) is 0 Å². The Morgan fingerprint density at radius 1 is 1.05 bits per heavy atom. The van der Waals surface area contributed by atoms with E-state index in [1.165, 1.54) is 31.6 Å². The number of benzene rings is 2. The Morgan fingerprint density at radius 2 is 1.84 bits per heavy atom. The molecule has 7 heteroatoms. The second-order valence-corrected chi connectivity index (χ2v) is 10.9. The maximum absolute atomic E-state index is 12.7. The zero-order valence-electron chi connectivity index (χ0n) is 22.4. The third-order valence-corrected chi connectivity index (χ3v) is 8.13. The van der Waals surface area contributed by atoms with E-state index >= 15 is 0 Å². The lowest BCUT2D eigenvalue weighted by atomic mass is 9.88. The van der Waals surface area contributed by atoms with Crippen molar-refractivity contribution in [2.24, 2.45) is 5.92 Å². The average molecular weight is 508 g/mol. The lowest BCUT2D eigenvalue weighted by Gasteiger charge is -2.47. The zero-order valence-corrected chi connectivity index (χ0v) is 22.4. The van der Waals surface area contributed by atoms with E-state index in [-0.39, 0.29) is 18.1 Å². The van der Waals surface area contributed by atoms with Crippen molar-refractivity contribution in [1.82, 2.24) is 4.90 Å². The van der Waals surface area contributed by atoms with Gasteiger partial charge in [0.25, 0.3) is 5.91 Å². The molecule has 0 unspecified atom stereocenters. The molecule has 1 amide bonds. The molecule has 3 aliphatic rings. The van der Waals surface area contributed by atoms with E-state index in [9.17, 15) is 4.79 Å². The van der Waals surface area contributed by atoms with Crippen molar-refractivity contribution in [3.63, 3.8) is 0 Å². The Labute approximate surface area is 221 Å². The Morgan fingerprint density at radius 3 is 2.59 bits per heavy atom. The maximum Gasteiger partial charge on any atom is 0.253 e. The molecule has 5 rings (SSSR count). The Hall–Kier alpha value is -2.77. The molecule has 37 heavy (non-hydrogen) atoms. The van der Waals surface area contributed by atoms with Crippen LogP contribution in [0, 0.1) is 5.92 Å². The number of carbonyl (C=O) groups excluding carboxylic acids is 1. The molecule has 3 heterocycles. The van der Waals surface area contributed by atoms with Crippen LogP contribution < -0.4 is 19.3 Å². The first kappa shape index (κ1) is 25.9. The summed E-state index contributed by atoms with van der Waals surface area (Å²) in [7, 11) is 1.64. The summed E-state index contributed by atoms with van der Waals surface area (Å²) in [5.41, 5.74) is 1.71. The van der Waals surface area contributed by atoms with Gasteiger partial charge < -0.3 is 28.9 Å². The number of carbonyl (C=O) groups is 1. The van der Waals surface area contributed by atoms with Crippen LogP contribution in [-0.2, 0) is 9.53 Å². The molecular formula is C30H41N3O4. The van der Waals surface area contributed by atoms with Gasteiger partial charge in [0.2, 0.25) is 0 Å². The summed E-state index contributed by atoms with van der Waals surface area (Å²) in [4.78, 5) is 19.5. The fourth-order valence-electron chi connectivity index (χ4n) is 5.98. The van der Waals surface area contributed by atoms with Crippen LogP contribution in [0.25, 0.3) is 0 Å². The zero-order chi connectivity index (χ0) is 25.7. The van der Waals surface area contributed by atoms with Crippen LogP contribution in [0.1, 0.15) is 39.0 Å². The van der Waals surface area contributed by atoms with E-state index in [0.29, 0.717) is 12.3 Å². The average Bonchev–Trinajstić information content (AvgIpc) is 2.93. The number of para-hydroxylation sites is 2. The van der Waals surface area contributed by atoms with Crippen molar-refractivity contribution in [3.05, 3.63) is 48.5 Å². The van der Waals surface area contributed by atoms with E-state index in [4.69, 9.17) is 14.2 Å². The Kier molecular flexibility index (Phi) is 8.20. The lowest BCUT2D eigenvalue weighted by Crippen LogP contribution is -2.59. The predicted molar refractivity (Wildman–Crippen MR) is 147 cm³/mol. The van der Waals surface area contributed by atoms with Gasteiger partial charge in [-0.25, -0.2) is 0 Å². The van der Waals surface area contributed by atoms with Gasteiger partial charge in [-0.05, 0) is 81.0 Å². The molecule has 0 aromatic heterocycles. The summed E-state index contributed by atoms with van der Waals surface area (Å²) >= 11 is 0. The quantitative estimate of drug-likeness (QED) is 0.487. The van der Waals surface area contributed by atoms with Crippen LogP contribution in [0.2, 0.25) is 0 Å². The molecule has 1 atom stereocenters. The minimum Gasteiger partial charge on any atom is -0.495 e. The van der Waals surface area contributed by atoms with Gasteiger partial charge in [-0.2, -0.15) is 0 Å². The number of hydrogen-bond donors (Lipinski definition) is 0. The first-order chi connectivity index (χ1) is 18.0. The summed E-state index contributed by atoms with van der Waals surface area (Å²) in [5.74, 6) is 2.46. The fourth-order valence-corrected chi connectivity index (χ4v) is 5.98. The molecular weight excluding hydrogens is 466 g/mol. The molecule has 0 bridgehead atoms. The van der Waals surface area contributed by atoms with Crippen molar-refractivity contribution in [1.29, 1.82) is 0 Å². The maximum atomic E-state index is 12.7. The lowest BCUT2D eigenvalue weighted by molar-refractivity contribution is -0.141. The highest BCUT2D eigenvalue weighted by atomic mass is 16.5. The number of hydrogen-bond acceptors (Lipinski definition) is 6. The van der Waals surface area contributed by atoms with Crippen LogP contribution in [0.5, 0.6) is 11.5 Å². The standard InChI is InChI=1S/C30H41N3O4/c1-24-7-5-16-31(21-24)17-6-20-36-26-12-10-25(11-13-26)32-18-14-30(15-19-32)23-33(29(34)22-37-30)27-8-3-4-9-28(27)35-2/h3-4,8-13,24H,5-7,14-23H2,1-2H3/t24-/m0/s1. The van der Waals surface area contributed by atoms with Crippen LogP contribution in [0.3, 0.4) is 0 Å². The molecule has 200 valence electrons. The summed E-state index contributed by atoms with van der Waals surface area (Å²) in [6.45, 7) is 9.15. The van der Waals surface area contributed by atoms with E-state index in [1.54, 1.807) is 7.11 Å². The fraction of sp³-hybridized carbons (Fsp3) is 0.567. The number of likely N-dealkylation sites (tertiary alicyclic amines) is 1. The van der Waals surface area contributed by atoms with Crippen LogP contribution >= 0.6 is 0 Å². The van der Waals surface area contributed by atoms with Gasteiger partial charge in [0.1, 0.15) is 18.1 Å². The second kappa shape index (κ2) is 11.7. The molecule has 1 spiro atoms. The molecule has 0 aliphatic carbocycles. The van der Waals surface area contributed by atoms with E-state index in [1.807, 2.05) is 29.2 Å². The third-order valence-electron chi connectivity index (χ3n) is 8.13. The number of nitrogens with zero attached hydrogens (tertiary/aromatic N) is 3. The second-order valence-electron chi connectivity index (χ2n) is 10.9. The van der Waals surface area contributed by atoms with Gasteiger partial charge in [-0.15, -0.1) is 0 Å². The first-order valence-corrected chi connectivity index (χ1v) is 13.8. The van der Waals surface area contributed by atoms with E-state index in [2.05, 4.69) is 41.0 Å². The van der Waals surface area contributed by atoms with Crippen molar-refractivity contribution in [2.45, 2.75) is 44.6 Å². The molecule has 0 saturated carbocycles. The highest BCUT2D eigenvalue weighted by molar-refractivity contribution is 5.96. The van der Waals surface area contributed by atoms with Crippen LogP contribution in [-0.4, -0.2) is 76.0 Å². The van der Waals surface area contributed by atoms with Crippen LogP contribution in [0.15, 0.2) is 48.5 Å². The Balaban J connectivity index is 1.11. The van der Waals surface area contributed by atoms with Crippen molar-refractivity contribution >= 4 is 17.3 Å². The minimum absolute atomic E-state index is 0.0152.